The molecule has 0 amide bonds. The maximum Gasteiger partial charge on any atom is 0.0686 e. The van der Waals surface area contributed by atoms with Crippen molar-refractivity contribution in [1.29, 1.82) is 0 Å². The van der Waals surface area contributed by atoms with Crippen LogP contribution in [0.4, 0.5) is 0 Å². The van der Waals surface area contributed by atoms with Crippen LogP contribution in [-0.2, 0) is 6.54 Å². The predicted molar refractivity (Wildman–Crippen MR) is 88.6 cm³/mol. The SMILES string of the molecule is CC(N)C1CCCCN1Cc1ncc(Br)cc1Br.Cl. The highest BCUT2D eigenvalue weighted by atomic mass is 79.9. The van der Waals surface area contributed by atoms with Crippen molar-refractivity contribution in [3.05, 3.63) is 26.9 Å². The fraction of sp³-hybridized carbons (Fsp3) is 0.615. The summed E-state index contributed by atoms with van der Waals surface area (Å²) in [5.74, 6) is 0. The summed E-state index contributed by atoms with van der Waals surface area (Å²) in [5, 5.41) is 0. The molecule has 2 heterocycles. The third kappa shape index (κ3) is 4.67. The van der Waals surface area contributed by atoms with Crippen LogP contribution in [0.25, 0.3) is 0 Å². The number of hydrogen-bond acceptors (Lipinski definition) is 3. The lowest BCUT2D eigenvalue weighted by atomic mass is 9.97. The number of nitrogens with zero attached hydrogens (tertiary/aromatic N) is 2. The average molecular weight is 414 g/mol. The smallest absolute Gasteiger partial charge is 0.0686 e. The van der Waals surface area contributed by atoms with E-state index in [4.69, 9.17) is 5.73 Å². The molecule has 6 heteroatoms. The molecule has 19 heavy (non-hydrogen) atoms. The molecule has 2 N–H and O–H groups in total. The van der Waals surface area contributed by atoms with E-state index in [1.54, 1.807) is 0 Å². The van der Waals surface area contributed by atoms with Crippen molar-refractivity contribution >= 4 is 44.3 Å². The van der Waals surface area contributed by atoms with Gasteiger partial charge in [0.05, 0.1) is 5.69 Å². The standard InChI is InChI=1S/C13H19Br2N3.ClH/c1-9(16)13-4-2-3-5-18(13)8-12-11(15)6-10(14)7-17-12;/h6-7,9,13H,2-5,8,16H2,1H3;1H. The Morgan fingerprint density at radius 1 is 1.47 bits per heavy atom. The predicted octanol–water partition coefficient (Wildman–Crippen LogP) is 3.73. The summed E-state index contributed by atoms with van der Waals surface area (Å²) in [6, 6.07) is 2.75. The van der Waals surface area contributed by atoms with E-state index in [0.29, 0.717) is 6.04 Å². The number of pyridine rings is 1. The van der Waals surface area contributed by atoms with Gasteiger partial charge in [0.15, 0.2) is 0 Å². The summed E-state index contributed by atoms with van der Waals surface area (Å²) >= 11 is 7.01. The molecule has 1 saturated heterocycles. The monoisotopic (exact) mass is 411 g/mol. The van der Waals surface area contributed by atoms with Crippen LogP contribution in [0.2, 0.25) is 0 Å². The van der Waals surface area contributed by atoms with Crippen LogP contribution in [0.1, 0.15) is 31.9 Å². The molecular weight excluding hydrogens is 393 g/mol. The van der Waals surface area contributed by atoms with E-state index in [-0.39, 0.29) is 18.4 Å². The molecule has 2 rings (SSSR count). The van der Waals surface area contributed by atoms with Gasteiger partial charge < -0.3 is 5.73 Å². The summed E-state index contributed by atoms with van der Waals surface area (Å²) in [6.07, 6.45) is 5.60. The third-order valence-corrected chi connectivity index (χ3v) is 4.63. The molecule has 0 radical (unpaired) electrons. The summed E-state index contributed by atoms with van der Waals surface area (Å²) in [6.45, 7) is 4.10. The normalized spacial score (nSPS) is 21.8. The van der Waals surface area contributed by atoms with Crippen molar-refractivity contribution in [2.75, 3.05) is 6.54 Å². The van der Waals surface area contributed by atoms with Gasteiger partial charge in [-0.25, -0.2) is 0 Å². The van der Waals surface area contributed by atoms with Crippen LogP contribution in [0.3, 0.4) is 0 Å². The quantitative estimate of drug-likeness (QED) is 0.821. The molecule has 1 aliphatic rings. The molecule has 108 valence electrons. The minimum atomic E-state index is 0. The molecule has 0 aliphatic carbocycles. The highest BCUT2D eigenvalue weighted by molar-refractivity contribution is 9.11. The number of piperidine rings is 1. The van der Waals surface area contributed by atoms with Gasteiger partial charge in [-0.05, 0) is 64.2 Å². The van der Waals surface area contributed by atoms with Crippen LogP contribution < -0.4 is 5.73 Å². The molecule has 0 aromatic carbocycles. The lowest BCUT2D eigenvalue weighted by molar-refractivity contribution is 0.121. The first-order valence-electron chi connectivity index (χ1n) is 6.37. The summed E-state index contributed by atoms with van der Waals surface area (Å²) in [7, 11) is 0. The second-order valence-electron chi connectivity index (χ2n) is 4.97. The van der Waals surface area contributed by atoms with Crippen LogP contribution in [0, 0.1) is 0 Å². The Balaban J connectivity index is 0.00000180. The Labute approximate surface area is 138 Å². The molecule has 1 aromatic rings. The number of rotatable bonds is 3. The van der Waals surface area contributed by atoms with Gasteiger partial charge in [0.2, 0.25) is 0 Å². The second kappa shape index (κ2) is 7.93. The van der Waals surface area contributed by atoms with Crippen molar-refractivity contribution < 1.29 is 0 Å². The van der Waals surface area contributed by atoms with Gasteiger partial charge in [0.1, 0.15) is 0 Å². The van der Waals surface area contributed by atoms with E-state index in [1.807, 2.05) is 12.3 Å². The minimum Gasteiger partial charge on any atom is -0.327 e. The highest BCUT2D eigenvalue weighted by Crippen LogP contribution is 2.25. The van der Waals surface area contributed by atoms with Gasteiger partial charge >= 0.3 is 0 Å². The molecule has 0 spiro atoms. The summed E-state index contributed by atoms with van der Waals surface area (Å²) in [4.78, 5) is 6.96. The van der Waals surface area contributed by atoms with Crippen molar-refractivity contribution in [2.24, 2.45) is 5.73 Å². The zero-order valence-corrected chi connectivity index (χ0v) is 15.0. The van der Waals surface area contributed by atoms with Crippen molar-refractivity contribution in [3.63, 3.8) is 0 Å². The first-order valence-corrected chi connectivity index (χ1v) is 7.96. The van der Waals surface area contributed by atoms with Crippen LogP contribution >= 0.6 is 44.3 Å². The van der Waals surface area contributed by atoms with E-state index in [1.165, 1.54) is 19.3 Å². The molecule has 2 unspecified atom stereocenters. The fourth-order valence-corrected chi connectivity index (χ4v) is 3.67. The third-order valence-electron chi connectivity index (χ3n) is 3.51. The Kier molecular flexibility index (Phi) is 7.25. The summed E-state index contributed by atoms with van der Waals surface area (Å²) < 4.78 is 2.06. The lowest BCUT2D eigenvalue weighted by Crippen LogP contribution is -2.48. The van der Waals surface area contributed by atoms with E-state index >= 15 is 0 Å². The van der Waals surface area contributed by atoms with E-state index < -0.39 is 0 Å². The molecule has 1 fully saturated rings. The van der Waals surface area contributed by atoms with E-state index in [2.05, 4.69) is 48.7 Å². The first kappa shape index (κ1) is 17.4. The zero-order valence-electron chi connectivity index (χ0n) is 11.0. The Morgan fingerprint density at radius 3 is 2.84 bits per heavy atom. The maximum atomic E-state index is 6.09. The molecule has 0 bridgehead atoms. The van der Waals surface area contributed by atoms with Gasteiger partial charge in [-0.1, -0.05) is 6.42 Å². The lowest BCUT2D eigenvalue weighted by Gasteiger charge is -2.37. The molecule has 2 atom stereocenters. The van der Waals surface area contributed by atoms with Gasteiger partial charge in [0, 0.05) is 33.8 Å². The van der Waals surface area contributed by atoms with Crippen molar-refractivity contribution in [2.45, 2.75) is 44.8 Å². The molecule has 3 nitrogen and oxygen atoms in total. The average Bonchev–Trinajstić information content (AvgIpc) is 2.33. The Morgan fingerprint density at radius 2 is 2.21 bits per heavy atom. The minimum absolute atomic E-state index is 0. The second-order valence-corrected chi connectivity index (χ2v) is 6.74. The fourth-order valence-electron chi connectivity index (χ4n) is 2.56. The number of hydrogen-bond donors (Lipinski definition) is 1. The van der Waals surface area contributed by atoms with Crippen LogP contribution in [0.15, 0.2) is 21.2 Å². The number of likely N-dealkylation sites (tertiary alicyclic amines) is 1. The van der Waals surface area contributed by atoms with Gasteiger partial charge in [-0.2, -0.15) is 0 Å². The molecule has 1 aliphatic heterocycles. The number of nitrogens with two attached hydrogens (primary N) is 1. The summed E-state index contributed by atoms with van der Waals surface area (Å²) in [5.41, 5.74) is 7.18. The van der Waals surface area contributed by atoms with Crippen LogP contribution in [0.5, 0.6) is 0 Å². The largest absolute Gasteiger partial charge is 0.327 e. The first-order chi connectivity index (χ1) is 8.58. The van der Waals surface area contributed by atoms with Gasteiger partial charge in [0.25, 0.3) is 0 Å². The highest BCUT2D eigenvalue weighted by Gasteiger charge is 2.26. The number of aromatic nitrogens is 1. The Bertz CT molecular complexity index is 415. The van der Waals surface area contributed by atoms with Crippen LogP contribution in [-0.4, -0.2) is 28.5 Å². The number of halogens is 3. The van der Waals surface area contributed by atoms with Crippen molar-refractivity contribution in [1.82, 2.24) is 9.88 Å². The Hall–Kier alpha value is 0.320. The van der Waals surface area contributed by atoms with Gasteiger partial charge in [-0.15, -0.1) is 12.4 Å². The molecular formula is C13H20Br2ClN3. The van der Waals surface area contributed by atoms with E-state index in [9.17, 15) is 0 Å². The molecule has 0 saturated carbocycles. The molecule has 1 aromatic heterocycles. The van der Waals surface area contributed by atoms with Crippen molar-refractivity contribution in [3.8, 4) is 0 Å². The zero-order chi connectivity index (χ0) is 13.1. The van der Waals surface area contributed by atoms with Gasteiger partial charge in [-0.3, -0.25) is 9.88 Å². The van der Waals surface area contributed by atoms with E-state index in [0.717, 1.165) is 27.7 Å². The topological polar surface area (TPSA) is 42.1 Å². The maximum absolute atomic E-state index is 6.09.